The summed E-state index contributed by atoms with van der Waals surface area (Å²) in [5.41, 5.74) is -0.167. The van der Waals surface area contributed by atoms with Crippen LogP contribution in [0.3, 0.4) is 0 Å². The maximum Gasteiger partial charge on any atom is 0.334 e. The van der Waals surface area contributed by atoms with E-state index < -0.39 is 6.55 Å². The molecule has 1 aromatic rings. The second-order valence-corrected chi connectivity index (χ2v) is 2.53. The first-order valence-corrected chi connectivity index (χ1v) is 3.37. The first-order valence-electron chi connectivity index (χ1n) is 2.58. The number of halogens is 3. The van der Waals surface area contributed by atoms with Crippen LogP contribution in [0.1, 0.15) is 12.2 Å². The van der Waals surface area contributed by atoms with Crippen molar-refractivity contribution in [2.75, 3.05) is 0 Å². The Hall–Kier alpha value is -0.960. The van der Waals surface area contributed by atoms with E-state index in [0.29, 0.717) is 4.68 Å². The smallest absolute Gasteiger partial charge is 0.192 e. The van der Waals surface area contributed by atoms with E-state index in [1.54, 1.807) is 6.07 Å². The molecular formula is C5H2BrF2N3. The van der Waals surface area contributed by atoms with E-state index in [-0.39, 0.29) is 10.2 Å². The fraction of sp³-hybridized carbons (Fsp3) is 0.200. The maximum absolute atomic E-state index is 12.0. The Morgan fingerprint density at radius 2 is 2.36 bits per heavy atom. The van der Waals surface area contributed by atoms with Crippen molar-refractivity contribution in [1.82, 2.24) is 9.78 Å². The van der Waals surface area contributed by atoms with E-state index in [9.17, 15) is 8.78 Å². The molecule has 0 saturated carbocycles. The molecule has 0 aliphatic heterocycles. The van der Waals surface area contributed by atoms with Gasteiger partial charge in [-0.2, -0.15) is 23.8 Å². The minimum atomic E-state index is -2.77. The average molecular weight is 222 g/mol. The topological polar surface area (TPSA) is 41.6 Å². The first-order chi connectivity index (χ1) is 5.16. The van der Waals surface area contributed by atoms with Crippen LogP contribution in [0.4, 0.5) is 8.78 Å². The van der Waals surface area contributed by atoms with Crippen molar-refractivity contribution in [2.24, 2.45) is 0 Å². The Balaban J connectivity index is 3.19. The molecule has 1 heterocycles. The quantitative estimate of drug-likeness (QED) is 0.728. The number of aromatic nitrogens is 2. The molecule has 0 bridgehead atoms. The minimum Gasteiger partial charge on any atom is -0.192 e. The van der Waals surface area contributed by atoms with Crippen molar-refractivity contribution >= 4 is 15.9 Å². The molecule has 11 heavy (non-hydrogen) atoms. The Labute approximate surface area is 69.4 Å². The van der Waals surface area contributed by atoms with Gasteiger partial charge in [-0.25, -0.2) is 0 Å². The third kappa shape index (κ3) is 1.38. The van der Waals surface area contributed by atoms with Gasteiger partial charge in [0.2, 0.25) is 0 Å². The highest BCUT2D eigenvalue weighted by molar-refractivity contribution is 9.10. The summed E-state index contributed by atoms with van der Waals surface area (Å²) in [4.78, 5) is 0. The minimum absolute atomic E-state index is 0.167. The van der Waals surface area contributed by atoms with Crippen molar-refractivity contribution in [2.45, 2.75) is 6.55 Å². The fourth-order valence-corrected chi connectivity index (χ4v) is 0.956. The summed E-state index contributed by atoms with van der Waals surface area (Å²) < 4.78 is 24.5. The van der Waals surface area contributed by atoms with Crippen LogP contribution in [0.2, 0.25) is 0 Å². The van der Waals surface area contributed by atoms with Gasteiger partial charge in [0.15, 0.2) is 5.69 Å². The number of nitriles is 1. The highest BCUT2D eigenvalue weighted by Gasteiger charge is 2.14. The zero-order valence-electron chi connectivity index (χ0n) is 5.13. The summed E-state index contributed by atoms with van der Waals surface area (Å²) in [6.45, 7) is -2.77. The van der Waals surface area contributed by atoms with Gasteiger partial charge >= 0.3 is 6.55 Å². The number of hydrogen-bond acceptors (Lipinski definition) is 2. The predicted octanol–water partition coefficient (Wildman–Crippen LogP) is 1.91. The lowest BCUT2D eigenvalue weighted by atomic mass is 10.5. The standard InChI is InChI=1S/C5H2BrF2N3/c6-3-2-10-11(5(7)8)4(3)1-9/h2,5H. The Morgan fingerprint density at radius 1 is 1.73 bits per heavy atom. The lowest BCUT2D eigenvalue weighted by molar-refractivity contribution is 0.0556. The summed E-state index contributed by atoms with van der Waals surface area (Å²) >= 11 is 2.91. The number of rotatable bonds is 1. The van der Waals surface area contributed by atoms with Crippen LogP contribution >= 0.6 is 15.9 Å². The predicted molar refractivity (Wildman–Crippen MR) is 35.9 cm³/mol. The van der Waals surface area contributed by atoms with Crippen LogP contribution in [-0.4, -0.2) is 9.78 Å². The molecule has 0 aromatic carbocycles. The summed E-state index contributed by atoms with van der Waals surface area (Å²) in [6, 6.07) is 1.60. The maximum atomic E-state index is 12.0. The molecule has 0 unspecified atom stereocenters. The molecule has 0 spiro atoms. The molecular weight excluding hydrogens is 220 g/mol. The molecule has 0 aliphatic carbocycles. The molecule has 0 radical (unpaired) electrons. The number of nitrogens with zero attached hydrogens (tertiary/aromatic N) is 3. The van der Waals surface area contributed by atoms with Crippen LogP contribution in [0, 0.1) is 11.3 Å². The van der Waals surface area contributed by atoms with Crippen LogP contribution in [0.15, 0.2) is 10.7 Å². The highest BCUT2D eigenvalue weighted by Crippen LogP contribution is 2.19. The zero-order valence-corrected chi connectivity index (χ0v) is 6.72. The lowest BCUT2D eigenvalue weighted by Crippen LogP contribution is -2.02. The van der Waals surface area contributed by atoms with Gasteiger partial charge in [-0.15, -0.1) is 0 Å². The Morgan fingerprint density at radius 3 is 2.73 bits per heavy atom. The molecule has 1 rings (SSSR count). The van der Waals surface area contributed by atoms with E-state index >= 15 is 0 Å². The lowest BCUT2D eigenvalue weighted by Gasteiger charge is -1.97. The van der Waals surface area contributed by atoms with Gasteiger partial charge in [-0.1, -0.05) is 0 Å². The van der Waals surface area contributed by atoms with Gasteiger partial charge in [-0.3, -0.25) is 0 Å². The zero-order chi connectivity index (χ0) is 8.43. The summed E-state index contributed by atoms with van der Waals surface area (Å²) in [5.74, 6) is 0. The van der Waals surface area contributed by atoms with E-state index in [2.05, 4.69) is 21.0 Å². The second kappa shape index (κ2) is 2.96. The Bertz CT molecular complexity index is 301. The molecule has 0 saturated heterocycles. The van der Waals surface area contributed by atoms with Crippen molar-refractivity contribution in [3.05, 3.63) is 16.4 Å². The van der Waals surface area contributed by atoms with Crippen molar-refractivity contribution in [3.8, 4) is 6.07 Å². The van der Waals surface area contributed by atoms with Crippen LogP contribution in [-0.2, 0) is 0 Å². The SMILES string of the molecule is N#Cc1c(Br)cnn1C(F)F. The van der Waals surface area contributed by atoms with E-state index in [0.717, 1.165) is 6.20 Å². The molecule has 0 fully saturated rings. The van der Waals surface area contributed by atoms with Crippen LogP contribution in [0.5, 0.6) is 0 Å². The third-order valence-electron chi connectivity index (χ3n) is 1.04. The molecule has 0 aliphatic rings. The van der Waals surface area contributed by atoms with Gasteiger partial charge in [0, 0.05) is 0 Å². The van der Waals surface area contributed by atoms with Crippen molar-refractivity contribution < 1.29 is 8.78 Å². The molecule has 0 atom stereocenters. The van der Waals surface area contributed by atoms with Crippen molar-refractivity contribution in [1.29, 1.82) is 5.26 Å². The molecule has 1 aromatic heterocycles. The normalized spacial score (nSPS) is 10.1. The van der Waals surface area contributed by atoms with Crippen molar-refractivity contribution in [3.63, 3.8) is 0 Å². The van der Waals surface area contributed by atoms with Gasteiger partial charge < -0.3 is 0 Å². The highest BCUT2D eigenvalue weighted by atomic mass is 79.9. The van der Waals surface area contributed by atoms with E-state index in [1.807, 2.05) is 0 Å². The van der Waals surface area contributed by atoms with Gasteiger partial charge in [0.25, 0.3) is 0 Å². The summed E-state index contributed by atoms with van der Waals surface area (Å²) in [6.07, 6.45) is 1.16. The van der Waals surface area contributed by atoms with E-state index in [4.69, 9.17) is 5.26 Å². The third-order valence-corrected chi connectivity index (χ3v) is 1.62. The van der Waals surface area contributed by atoms with Crippen LogP contribution < -0.4 is 0 Å². The first kappa shape index (κ1) is 8.14. The molecule has 6 heteroatoms. The molecule has 58 valence electrons. The summed E-state index contributed by atoms with van der Waals surface area (Å²) in [7, 11) is 0. The molecule has 3 nitrogen and oxygen atoms in total. The largest absolute Gasteiger partial charge is 0.334 e. The van der Waals surface area contributed by atoms with Crippen LogP contribution in [0.25, 0.3) is 0 Å². The van der Waals surface area contributed by atoms with E-state index in [1.165, 1.54) is 0 Å². The number of hydrogen-bond donors (Lipinski definition) is 0. The molecule has 0 N–H and O–H groups in total. The molecule has 0 amide bonds. The monoisotopic (exact) mass is 221 g/mol. The fourth-order valence-electron chi connectivity index (χ4n) is 0.594. The average Bonchev–Trinajstić information content (AvgIpc) is 2.30. The van der Waals surface area contributed by atoms with Gasteiger partial charge in [0.1, 0.15) is 6.07 Å². The Kier molecular flexibility index (Phi) is 2.19. The van der Waals surface area contributed by atoms with Gasteiger partial charge in [-0.05, 0) is 15.9 Å². The number of alkyl halides is 2. The summed E-state index contributed by atoms with van der Waals surface area (Å²) in [5, 5.41) is 11.6. The van der Waals surface area contributed by atoms with Gasteiger partial charge in [0.05, 0.1) is 10.7 Å². The second-order valence-electron chi connectivity index (χ2n) is 1.68.